The first-order valence-electron chi connectivity index (χ1n) is 8.38. The summed E-state index contributed by atoms with van der Waals surface area (Å²) in [6.07, 6.45) is 4.99. The molecule has 0 bridgehead atoms. The molecule has 3 rings (SSSR count). The zero-order chi connectivity index (χ0) is 17.3. The van der Waals surface area contributed by atoms with Crippen molar-refractivity contribution in [2.75, 3.05) is 27.2 Å². The smallest absolute Gasteiger partial charge is 0.276 e. The van der Waals surface area contributed by atoms with Gasteiger partial charge in [0.25, 0.3) is 5.91 Å². The number of aromatic nitrogens is 3. The fourth-order valence-electron chi connectivity index (χ4n) is 3.27. The number of carbonyl (C=O) groups excluding carboxylic acids is 1. The van der Waals surface area contributed by atoms with Crippen molar-refractivity contribution in [3.05, 3.63) is 23.7 Å². The van der Waals surface area contributed by atoms with Gasteiger partial charge in [0.15, 0.2) is 11.5 Å². The summed E-state index contributed by atoms with van der Waals surface area (Å²) in [5.74, 6) is 0.545. The molecular weight excluding hydrogens is 306 g/mol. The number of piperidine rings is 1. The predicted octanol–water partition coefficient (Wildman–Crippen LogP) is 1.94. The average molecular weight is 331 g/mol. The third kappa shape index (κ3) is 3.21. The van der Waals surface area contributed by atoms with Gasteiger partial charge in [0.05, 0.1) is 11.8 Å². The highest BCUT2D eigenvalue weighted by atomic mass is 16.5. The fourth-order valence-corrected chi connectivity index (χ4v) is 3.27. The lowest BCUT2D eigenvalue weighted by molar-refractivity contribution is 0.0564. The standard InChI is InChI=1S/C17H25N5O2/c1-12-14(10-18-21(12)4)16-9-15(19-24-16)17(23)22-8-6-5-7-13(22)11-20(2)3/h9-10,13H,5-8,11H2,1-4H3/t13-/m1/s1. The molecule has 0 N–H and O–H groups in total. The van der Waals surface area contributed by atoms with Crippen molar-refractivity contribution in [1.82, 2.24) is 24.7 Å². The van der Waals surface area contributed by atoms with Crippen LogP contribution in [0, 0.1) is 6.92 Å². The van der Waals surface area contributed by atoms with Crippen molar-refractivity contribution in [1.29, 1.82) is 0 Å². The maximum absolute atomic E-state index is 12.9. The van der Waals surface area contributed by atoms with Crippen LogP contribution in [0.1, 0.15) is 35.4 Å². The number of hydrogen-bond donors (Lipinski definition) is 0. The Morgan fingerprint density at radius 2 is 2.21 bits per heavy atom. The lowest BCUT2D eigenvalue weighted by Crippen LogP contribution is -2.48. The molecule has 0 aromatic carbocycles. The first-order valence-corrected chi connectivity index (χ1v) is 8.38. The summed E-state index contributed by atoms with van der Waals surface area (Å²) < 4.78 is 7.19. The maximum Gasteiger partial charge on any atom is 0.276 e. The summed E-state index contributed by atoms with van der Waals surface area (Å²) in [5, 5.41) is 8.22. The van der Waals surface area contributed by atoms with Gasteiger partial charge in [-0.1, -0.05) is 5.16 Å². The summed E-state index contributed by atoms with van der Waals surface area (Å²) in [7, 11) is 5.95. The van der Waals surface area contributed by atoms with Crippen LogP contribution in [-0.4, -0.2) is 63.9 Å². The fraction of sp³-hybridized carbons (Fsp3) is 0.588. The average Bonchev–Trinajstić information content (AvgIpc) is 3.15. The van der Waals surface area contributed by atoms with Crippen molar-refractivity contribution in [3.8, 4) is 11.3 Å². The monoisotopic (exact) mass is 331 g/mol. The Morgan fingerprint density at radius 3 is 2.88 bits per heavy atom. The highest BCUT2D eigenvalue weighted by molar-refractivity contribution is 5.93. The number of likely N-dealkylation sites (tertiary alicyclic amines) is 1. The lowest BCUT2D eigenvalue weighted by atomic mass is 10.0. The summed E-state index contributed by atoms with van der Waals surface area (Å²) in [6.45, 7) is 3.62. The van der Waals surface area contributed by atoms with Crippen LogP contribution in [0.5, 0.6) is 0 Å². The van der Waals surface area contributed by atoms with Gasteiger partial charge in [-0.15, -0.1) is 0 Å². The van der Waals surface area contributed by atoms with E-state index in [1.54, 1.807) is 16.9 Å². The van der Waals surface area contributed by atoms with Crippen LogP contribution in [0.4, 0.5) is 0 Å². The molecule has 0 radical (unpaired) electrons. The Labute approximate surface area is 142 Å². The number of carbonyl (C=O) groups is 1. The summed E-state index contributed by atoms with van der Waals surface area (Å²) in [4.78, 5) is 17.0. The van der Waals surface area contributed by atoms with Gasteiger partial charge in [-0.25, -0.2) is 0 Å². The molecular formula is C17H25N5O2. The highest BCUT2D eigenvalue weighted by Gasteiger charge is 2.30. The van der Waals surface area contributed by atoms with Crippen molar-refractivity contribution in [2.24, 2.45) is 7.05 Å². The zero-order valence-corrected chi connectivity index (χ0v) is 14.8. The van der Waals surface area contributed by atoms with Gasteiger partial charge in [0, 0.05) is 37.9 Å². The van der Waals surface area contributed by atoms with Gasteiger partial charge in [-0.3, -0.25) is 9.48 Å². The molecule has 0 spiro atoms. The van der Waals surface area contributed by atoms with Crippen molar-refractivity contribution < 1.29 is 9.32 Å². The Bertz CT molecular complexity index is 718. The summed E-state index contributed by atoms with van der Waals surface area (Å²) in [5.41, 5.74) is 2.22. The van der Waals surface area contributed by atoms with E-state index >= 15 is 0 Å². The van der Waals surface area contributed by atoms with Crippen LogP contribution >= 0.6 is 0 Å². The molecule has 0 saturated carbocycles. The first-order chi connectivity index (χ1) is 11.5. The Morgan fingerprint density at radius 1 is 1.42 bits per heavy atom. The predicted molar refractivity (Wildman–Crippen MR) is 90.7 cm³/mol. The third-order valence-corrected chi connectivity index (χ3v) is 4.69. The van der Waals surface area contributed by atoms with E-state index in [4.69, 9.17) is 4.52 Å². The van der Waals surface area contributed by atoms with Crippen molar-refractivity contribution >= 4 is 5.91 Å². The number of amides is 1. The Balaban J connectivity index is 1.81. The quantitative estimate of drug-likeness (QED) is 0.856. The number of aryl methyl sites for hydroxylation is 1. The van der Waals surface area contributed by atoms with Gasteiger partial charge in [0.1, 0.15) is 0 Å². The van der Waals surface area contributed by atoms with Crippen LogP contribution < -0.4 is 0 Å². The van der Waals surface area contributed by atoms with Crippen LogP contribution in [-0.2, 0) is 7.05 Å². The molecule has 1 amide bonds. The topological polar surface area (TPSA) is 67.4 Å². The second-order valence-corrected chi connectivity index (χ2v) is 6.75. The molecule has 7 heteroatoms. The second kappa shape index (κ2) is 6.76. The molecule has 0 aliphatic carbocycles. The minimum atomic E-state index is -0.0434. The van der Waals surface area contributed by atoms with Crippen LogP contribution in [0.3, 0.4) is 0 Å². The number of rotatable bonds is 4. The van der Waals surface area contributed by atoms with Crippen LogP contribution in [0.25, 0.3) is 11.3 Å². The number of nitrogens with zero attached hydrogens (tertiary/aromatic N) is 5. The number of likely N-dealkylation sites (N-methyl/N-ethyl adjacent to an activating group) is 1. The lowest BCUT2D eigenvalue weighted by Gasteiger charge is -2.36. The second-order valence-electron chi connectivity index (χ2n) is 6.75. The summed E-state index contributed by atoms with van der Waals surface area (Å²) in [6, 6.07) is 1.97. The zero-order valence-electron chi connectivity index (χ0n) is 14.8. The van der Waals surface area contributed by atoms with Gasteiger partial charge in [-0.05, 0) is 40.3 Å². The molecule has 2 aromatic heterocycles. The Hall–Kier alpha value is -2.15. The molecule has 1 aliphatic heterocycles. The van der Waals surface area contributed by atoms with E-state index in [0.717, 1.165) is 37.2 Å². The van der Waals surface area contributed by atoms with E-state index in [1.165, 1.54) is 6.42 Å². The van der Waals surface area contributed by atoms with Crippen LogP contribution in [0.2, 0.25) is 0 Å². The molecule has 1 aliphatic rings. The van der Waals surface area contributed by atoms with E-state index in [1.807, 2.05) is 33.0 Å². The normalized spacial score (nSPS) is 18.4. The maximum atomic E-state index is 12.9. The Kier molecular flexibility index (Phi) is 4.71. The third-order valence-electron chi connectivity index (χ3n) is 4.69. The molecule has 3 heterocycles. The van der Waals surface area contributed by atoms with Gasteiger partial charge >= 0.3 is 0 Å². The van der Waals surface area contributed by atoms with Gasteiger partial charge < -0.3 is 14.3 Å². The molecule has 1 saturated heterocycles. The van der Waals surface area contributed by atoms with E-state index < -0.39 is 0 Å². The minimum Gasteiger partial charge on any atom is -0.355 e. The van der Waals surface area contributed by atoms with Crippen molar-refractivity contribution in [2.45, 2.75) is 32.2 Å². The summed E-state index contributed by atoms with van der Waals surface area (Å²) >= 11 is 0. The SMILES string of the molecule is Cc1c(-c2cc(C(=O)N3CCCC[C@@H]3CN(C)C)no2)cnn1C. The molecule has 2 aromatic rings. The molecule has 1 atom stereocenters. The van der Waals surface area contributed by atoms with E-state index in [9.17, 15) is 4.79 Å². The number of hydrogen-bond acceptors (Lipinski definition) is 5. The van der Waals surface area contributed by atoms with E-state index in [-0.39, 0.29) is 11.9 Å². The van der Waals surface area contributed by atoms with E-state index in [2.05, 4.69) is 15.2 Å². The highest BCUT2D eigenvalue weighted by Crippen LogP contribution is 2.25. The van der Waals surface area contributed by atoms with E-state index in [0.29, 0.717) is 11.5 Å². The largest absolute Gasteiger partial charge is 0.355 e. The first kappa shape index (κ1) is 16.7. The molecule has 130 valence electrons. The molecule has 1 fully saturated rings. The molecule has 0 unspecified atom stereocenters. The molecule has 24 heavy (non-hydrogen) atoms. The van der Waals surface area contributed by atoms with Gasteiger partial charge in [-0.2, -0.15) is 5.10 Å². The molecule has 7 nitrogen and oxygen atoms in total. The van der Waals surface area contributed by atoms with Crippen LogP contribution in [0.15, 0.2) is 16.8 Å². The van der Waals surface area contributed by atoms with Gasteiger partial charge in [0.2, 0.25) is 0 Å². The minimum absolute atomic E-state index is 0.0434. The van der Waals surface area contributed by atoms with Crippen molar-refractivity contribution in [3.63, 3.8) is 0 Å².